The summed E-state index contributed by atoms with van der Waals surface area (Å²) in [5, 5.41) is 3.97. The number of nitrogens with zero attached hydrogens (tertiary/aromatic N) is 2. The van der Waals surface area contributed by atoms with E-state index in [2.05, 4.69) is 15.2 Å². The smallest absolute Gasteiger partial charge is 0.261 e. The molecule has 2 aromatic rings. The molecular formula is C18H20ClN3O2S. The number of amides is 1. The third-order valence-electron chi connectivity index (χ3n) is 4.92. The summed E-state index contributed by atoms with van der Waals surface area (Å²) >= 11 is 7.10. The zero-order valence-electron chi connectivity index (χ0n) is 13.8. The van der Waals surface area contributed by atoms with Gasteiger partial charge in [0, 0.05) is 23.0 Å². The van der Waals surface area contributed by atoms with E-state index in [0.717, 1.165) is 23.8 Å². The SMILES string of the molecule is O=C(NC1CC2CCN(CC2)C1)c1ccc(Sc2ncc(Cl)o2)cc1. The molecule has 0 spiro atoms. The number of carbonyl (C=O) groups is 1. The molecule has 3 fully saturated rings. The van der Waals surface area contributed by atoms with Crippen molar-refractivity contribution in [3.63, 3.8) is 0 Å². The lowest BCUT2D eigenvalue weighted by molar-refractivity contribution is 0.0928. The maximum absolute atomic E-state index is 12.5. The third-order valence-corrected chi connectivity index (χ3v) is 5.96. The summed E-state index contributed by atoms with van der Waals surface area (Å²) in [5.41, 5.74) is 0.682. The average molecular weight is 378 g/mol. The van der Waals surface area contributed by atoms with E-state index in [1.807, 2.05) is 24.3 Å². The molecule has 1 amide bonds. The fourth-order valence-corrected chi connectivity index (χ4v) is 4.51. The Hall–Kier alpha value is -1.50. The molecule has 0 aliphatic carbocycles. The van der Waals surface area contributed by atoms with Crippen molar-refractivity contribution >= 4 is 29.3 Å². The van der Waals surface area contributed by atoms with E-state index >= 15 is 0 Å². The lowest BCUT2D eigenvalue weighted by Gasteiger charge is -2.26. The highest BCUT2D eigenvalue weighted by atomic mass is 35.5. The summed E-state index contributed by atoms with van der Waals surface area (Å²) in [4.78, 5) is 20.0. The van der Waals surface area contributed by atoms with Crippen LogP contribution in [0.3, 0.4) is 0 Å². The predicted octanol–water partition coefficient (Wildman–Crippen LogP) is 3.69. The minimum Gasteiger partial charge on any atom is -0.419 e. The first-order valence-corrected chi connectivity index (χ1v) is 9.77. The first-order valence-electron chi connectivity index (χ1n) is 8.58. The van der Waals surface area contributed by atoms with Crippen molar-refractivity contribution in [1.82, 2.24) is 15.2 Å². The highest BCUT2D eigenvalue weighted by molar-refractivity contribution is 7.99. The van der Waals surface area contributed by atoms with E-state index in [4.69, 9.17) is 16.0 Å². The fraction of sp³-hybridized carbons (Fsp3) is 0.444. The maximum atomic E-state index is 12.5. The van der Waals surface area contributed by atoms with E-state index in [1.165, 1.54) is 43.9 Å². The average Bonchev–Trinajstić information content (AvgIpc) is 2.81. The van der Waals surface area contributed by atoms with Crippen molar-refractivity contribution in [3.05, 3.63) is 41.2 Å². The Bertz CT molecular complexity index is 727. The number of hydrogen-bond acceptors (Lipinski definition) is 5. The molecule has 1 N–H and O–H groups in total. The van der Waals surface area contributed by atoms with Crippen LogP contribution in [0.15, 0.2) is 45.0 Å². The number of hydrogen-bond donors (Lipinski definition) is 1. The van der Waals surface area contributed by atoms with Crippen LogP contribution in [0.1, 0.15) is 29.6 Å². The summed E-state index contributed by atoms with van der Waals surface area (Å²) in [6, 6.07) is 7.74. The summed E-state index contributed by atoms with van der Waals surface area (Å²) in [6.45, 7) is 3.32. The Morgan fingerprint density at radius 3 is 2.72 bits per heavy atom. The van der Waals surface area contributed by atoms with Gasteiger partial charge < -0.3 is 14.6 Å². The van der Waals surface area contributed by atoms with Crippen molar-refractivity contribution in [2.75, 3.05) is 19.6 Å². The molecule has 25 heavy (non-hydrogen) atoms. The van der Waals surface area contributed by atoms with Crippen molar-refractivity contribution in [2.24, 2.45) is 5.92 Å². The zero-order valence-corrected chi connectivity index (χ0v) is 15.4. The van der Waals surface area contributed by atoms with Crippen molar-refractivity contribution in [3.8, 4) is 0 Å². The molecule has 5 rings (SSSR count). The van der Waals surface area contributed by atoms with Gasteiger partial charge in [-0.3, -0.25) is 4.79 Å². The van der Waals surface area contributed by atoms with Gasteiger partial charge in [-0.05, 0) is 85.9 Å². The van der Waals surface area contributed by atoms with Crippen LogP contribution in [0, 0.1) is 5.92 Å². The van der Waals surface area contributed by atoms with Gasteiger partial charge in [0.2, 0.25) is 5.22 Å². The molecule has 7 heteroatoms. The number of aromatic nitrogens is 1. The Kier molecular flexibility index (Phi) is 5.01. The van der Waals surface area contributed by atoms with E-state index in [0.29, 0.717) is 10.8 Å². The van der Waals surface area contributed by atoms with Crippen LogP contribution in [0.5, 0.6) is 0 Å². The molecule has 3 saturated heterocycles. The highest BCUT2D eigenvalue weighted by Gasteiger charge is 2.29. The lowest BCUT2D eigenvalue weighted by Crippen LogP contribution is -2.41. The Morgan fingerprint density at radius 1 is 1.28 bits per heavy atom. The van der Waals surface area contributed by atoms with Gasteiger partial charge in [-0.15, -0.1) is 0 Å². The van der Waals surface area contributed by atoms with Gasteiger partial charge in [0.25, 0.3) is 11.1 Å². The number of oxazole rings is 1. The van der Waals surface area contributed by atoms with Gasteiger partial charge in [0.1, 0.15) is 0 Å². The number of fused-ring (bicyclic) bond motifs is 4. The maximum Gasteiger partial charge on any atom is 0.261 e. The second-order valence-electron chi connectivity index (χ2n) is 6.71. The number of carbonyl (C=O) groups excluding carboxylic acids is 1. The molecule has 3 aliphatic heterocycles. The minimum atomic E-state index is 0.00298. The molecule has 5 nitrogen and oxygen atoms in total. The van der Waals surface area contributed by atoms with Crippen LogP contribution in [0.25, 0.3) is 0 Å². The Labute approximate surface area is 156 Å². The minimum absolute atomic E-state index is 0.00298. The molecule has 0 saturated carbocycles. The first kappa shape index (κ1) is 16.9. The highest BCUT2D eigenvalue weighted by Crippen LogP contribution is 2.29. The number of benzene rings is 1. The standard InChI is InChI=1S/C18H20ClN3O2S/c19-16-10-20-18(24-16)25-15-3-1-13(2-4-15)17(23)21-14-9-12-5-7-22(11-14)8-6-12/h1-4,10,12,14H,5-9,11H2,(H,21,23). The van der Waals surface area contributed by atoms with Gasteiger partial charge in [-0.25, -0.2) is 4.98 Å². The summed E-state index contributed by atoms with van der Waals surface area (Å²) in [6.07, 6.45) is 5.11. The van der Waals surface area contributed by atoms with E-state index in [9.17, 15) is 4.79 Å². The van der Waals surface area contributed by atoms with E-state index in [-0.39, 0.29) is 17.2 Å². The molecule has 2 bridgehead atoms. The van der Waals surface area contributed by atoms with E-state index < -0.39 is 0 Å². The van der Waals surface area contributed by atoms with Gasteiger partial charge >= 0.3 is 0 Å². The number of piperidine rings is 1. The Morgan fingerprint density at radius 2 is 2.04 bits per heavy atom. The van der Waals surface area contributed by atoms with Gasteiger partial charge in [-0.2, -0.15) is 0 Å². The Balaban J connectivity index is 1.37. The number of halogens is 1. The topological polar surface area (TPSA) is 58.4 Å². The van der Waals surface area contributed by atoms with E-state index in [1.54, 1.807) is 0 Å². The van der Waals surface area contributed by atoms with Crippen LogP contribution in [0.4, 0.5) is 0 Å². The van der Waals surface area contributed by atoms with Crippen molar-refractivity contribution < 1.29 is 9.21 Å². The molecule has 1 aromatic heterocycles. The molecule has 1 unspecified atom stereocenters. The molecule has 4 heterocycles. The largest absolute Gasteiger partial charge is 0.419 e. The number of rotatable bonds is 4. The molecule has 1 aromatic carbocycles. The molecule has 1 atom stereocenters. The second-order valence-corrected chi connectivity index (χ2v) is 8.10. The molecular weight excluding hydrogens is 358 g/mol. The summed E-state index contributed by atoms with van der Waals surface area (Å²) < 4.78 is 5.24. The van der Waals surface area contributed by atoms with Gasteiger partial charge in [0.05, 0.1) is 6.20 Å². The molecule has 3 aliphatic rings. The van der Waals surface area contributed by atoms with Crippen LogP contribution in [0.2, 0.25) is 5.22 Å². The van der Waals surface area contributed by atoms with Crippen LogP contribution < -0.4 is 5.32 Å². The second kappa shape index (κ2) is 7.40. The van der Waals surface area contributed by atoms with Crippen molar-refractivity contribution in [1.29, 1.82) is 0 Å². The van der Waals surface area contributed by atoms with Crippen LogP contribution in [-0.2, 0) is 0 Å². The fourth-order valence-electron chi connectivity index (χ4n) is 3.63. The third kappa shape index (κ3) is 4.19. The lowest BCUT2D eigenvalue weighted by atomic mass is 9.94. The van der Waals surface area contributed by atoms with Crippen LogP contribution >= 0.6 is 23.4 Å². The number of nitrogens with one attached hydrogen (secondary N) is 1. The normalized spacial score (nSPS) is 25.6. The monoisotopic (exact) mass is 377 g/mol. The van der Waals surface area contributed by atoms with Gasteiger partial charge in [0.15, 0.2) is 0 Å². The predicted molar refractivity (Wildman–Crippen MR) is 97.1 cm³/mol. The summed E-state index contributed by atoms with van der Waals surface area (Å²) in [5.74, 6) is 0.763. The van der Waals surface area contributed by atoms with Crippen LogP contribution in [-0.4, -0.2) is 41.5 Å². The van der Waals surface area contributed by atoms with Crippen molar-refractivity contribution in [2.45, 2.75) is 35.4 Å². The first-order chi connectivity index (χ1) is 12.2. The zero-order chi connectivity index (χ0) is 17.2. The quantitative estimate of drug-likeness (QED) is 0.880. The summed E-state index contributed by atoms with van der Waals surface area (Å²) in [7, 11) is 0. The molecule has 132 valence electrons. The van der Waals surface area contributed by atoms with Gasteiger partial charge in [-0.1, -0.05) is 0 Å². The molecule has 0 radical (unpaired) electrons.